The Bertz CT molecular complexity index is 513. The summed E-state index contributed by atoms with van der Waals surface area (Å²) >= 11 is 3.31. The quantitative estimate of drug-likeness (QED) is 0.941. The third kappa shape index (κ3) is 3.14. The molecule has 1 aromatic carbocycles. The van der Waals surface area contributed by atoms with Crippen molar-refractivity contribution in [2.45, 2.75) is 13.0 Å². The molecular formula is C12H12BrFN2O. The Balaban J connectivity index is 2.16. The molecule has 0 amide bonds. The van der Waals surface area contributed by atoms with Crippen LogP contribution in [0.2, 0.25) is 0 Å². The van der Waals surface area contributed by atoms with Gasteiger partial charge in [-0.05, 0) is 30.2 Å². The second-order valence-electron chi connectivity index (χ2n) is 3.76. The van der Waals surface area contributed by atoms with E-state index < -0.39 is 0 Å². The van der Waals surface area contributed by atoms with Crippen LogP contribution in [0, 0.1) is 5.82 Å². The highest BCUT2D eigenvalue weighted by Gasteiger charge is 2.05. The Morgan fingerprint density at radius 2 is 2.24 bits per heavy atom. The second-order valence-corrected chi connectivity index (χ2v) is 4.67. The number of rotatable bonds is 4. The van der Waals surface area contributed by atoms with Crippen molar-refractivity contribution < 1.29 is 9.50 Å². The number of aliphatic hydroxyl groups is 1. The highest BCUT2D eigenvalue weighted by molar-refractivity contribution is 9.10. The van der Waals surface area contributed by atoms with E-state index in [1.165, 1.54) is 6.07 Å². The lowest BCUT2D eigenvalue weighted by molar-refractivity contribution is 0.299. The van der Waals surface area contributed by atoms with Crippen molar-refractivity contribution in [2.75, 3.05) is 6.61 Å². The maximum absolute atomic E-state index is 13.5. The van der Waals surface area contributed by atoms with E-state index in [0.29, 0.717) is 18.5 Å². The molecule has 0 bridgehead atoms. The van der Waals surface area contributed by atoms with Crippen LogP contribution in [-0.4, -0.2) is 21.5 Å². The molecule has 0 aliphatic rings. The number of benzene rings is 1. The topological polar surface area (TPSA) is 38.1 Å². The highest BCUT2D eigenvalue weighted by Crippen LogP contribution is 2.16. The first-order valence-electron chi connectivity index (χ1n) is 5.25. The summed E-state index contributed by atoms with van der Waals surface area (Å²) in [5.41, 5.74) is 1.53. The molecule has 1 heterocycles. The lowest BCUT2D eigenvalue weighted by atomic mass is 10.2. The predicted octanol–water partition coefficient (Wildman–Crippen LogP) is 2.37. The Hall–Kier alpha value is -1.20. The zero-order valence-electron chi connectivity index (χ0n) is 9.11. The largest absolute Gasteiger partial charge is 0.396 e. The minimum atomic E-state index is -0.243. The lowest BCUT2D eigenvalue weighted by Crippen LogP contribution is -2.02. The fourth-order valence-corrected chi connectivity index (χ4v) is 2.00. The van der Waals surface area contributed by atoms with Crippen molar-refractivity contribution >= 4 is 15.9 Å². The van der Waals surface area contributed by atoms with Crippen molar-refractivity contribution in [1.82, 2.24) is 9.78 Å². The predicted molar refractivity (Wildman–Crippen MR) is 66.2 cm³/mol. The van der Waals surface area contributed by atoms with Gasteiger partial charge in [-0.15, -0.1) is 0 Å². The van der Waals surface area contributed by atoms with Crippen molar-refractivity contribution in [3.8, 4) is 0 Å². The van der Waals surface area contributed by atoms with Gasteiger partial charge in [0.2, 0.25) is 0 Å². The number of nitrogens with zero attached hydrogens (tertiary/aromatic N) is 2. The van der Waals surface area contributed by atoms with Crippen molar-refractivity contribution in [3.63, 3.8) is 0 Å². The van der Waals surface area contributed by atoms with Crippen LogP contribution < -0.4 is 0 Å². The summed E-state index contributed by atoms with van der Waals surface area (Å²) in [6, 6.07) is 4.83. The van der Waals surface area contributed by atoms with E-state index in [-0.39, 0.29) is 12.4 Å². The summed E-state index contributed by atoms with van der Waals surface area (Å²) in [4.78, 5) is 0. The first kappa shape index (κ1) is 12.3. The van der Waals surface area contributed by atoms with Gasteiger partial charge in [0, 0.05) is 22.8 Å². The maximum atomic E-state index is 13.5. The third-order valence-electron chi connectivity index (χ3n) is 2.43. The van der Waals surface area contributed by atoms with Gasteiger partial charge < -0.3 is 5.11 Å². The molecule has 1 N–H and O–H groups in total. The number of hydrogen-bond donors (Lipinski definition) is 1. The van der Waals surface area contributed by atoms with E-state index in [1.807, 2.05) is 6.20 Å². The van der Waals surface area contributed by atoms with Crippen molar-refractivity contribution in [1.29, 1.82) is 0 Å². The van der Waals surface area contributed by atoms with Gasteiger partial charge in [-0.3, -0.25) is 4.68 Å². The third-order valence-corrected chi connectivity index (χ3v) is 2.92. The monoisotopic (exact) mass is 298 g/mol. The molecule has 1 aromatic heterocycles. The van der Waals surface area contributed by atoms with E-state index in [0.717, 1.165) is 10.0 Å². The van der Waals surface area contributed by atoms with Gasteiger partial charge in [0.15, 0.2) is 0 Å². The fourth-order valence-electron chi connectivity index (χ4n) is 1.59. The average Bonchev–Trinajstić information content (AvgIpc) is 2.72. The molecule has 90 valence electrons. The van der Waals surface area contributed by atoms with Crippen LogP contribution in [-0.2, 0) is 13.0 Å². The van der Waals surface area contributed by atoms with Crippen molar-refractivity contribution in [3.05, 3.63) is 52.0 Å². The SMILES string of the molecule is OCCc1cnn(Cc2cc(Br)ccc2F)c1. The molecule has 0 atom stereocenters. The molecule has 5 heteroatoms. The molecule has 2 rings (SSSR count). The second kappa shape index (κ2) is 5.42. The summed E-state index contributed by atoms with van der Waals surface area (Å²) in [6.07, 6.45) is 4.07. The molecule has 3 nitrogen and oxygen atoms in total. The normalized spacial score (nSPS) is 10.8. The molecule has 0 fully saturated rings. The smallest absolute Gasteiger partial charge is 0.128 e. The standard InChI is InChI=1S/C12H12BrFN2O/c13-11-1-2-12(14)10(5-11)8-16-7-9(3-4-17)6-15-16/h1-2,5-7,17H,3-4,8H2. The van der Waals surface area contributed by atoms with Gasteiger partial charge in [0.05, 0.1) is 12.7 Å². The Kier molecular flexibility index (Phi) is 3.91. The van der Waals surface area contributed by atoms with Gasteiger partial charge in [-0.1, -0.05) is 15.9 Å². The van der Waals surface area contributed by atoms with Gasteiger partial charge in [0.1, 0.15) is 5.82 Å². The minimum absolute atomic E-state index is 0.0942. The molecule has 0 saturated heterocycles. The van der Waals surface area contributed by atoms with Gasteiger partial charge >= 0.3 is 0 Å². The molecule has 0 radical (unpaired) electrons. The van der Waals surface area contributed by atoms with E-state index in [1.54, 1.807) is 23.0 Å². The summed E-state index contributed by atoms with van der Waals surface area (Å²) in [6.45, 7) is 0.480. The summed E-state index contributed by atoms with van der Waals surface area (Å²) in [5.74, 6) is -0.243. The fraction of sp³-hybridized carbons (Fsp3) is 0.250. The molecule has 0 unspecified atom stereocenters. The first-order valence-corrected chi connectivity index (χ1v) is 6.04. The molecule has 2 aromatic rings. The summed E-state index contributed by atoms with van der Waals surface area (Å²) in [7, 11) is 0. The van der Waals surface area contributed by atoms with Crippen molar-refractivity contribution in [2.24, 2.45) is 0 Å². The van der Waals surface area contributed by atoms with Crippen LogP contribution in [0.5, 0.6) is 0 Å². The zero-order valence-corrected chi connectivity index (χ0v) is 10.7. The van der Waals surface area contributed by atoms with E-state index >= 15 is 0 Å². The highest BCUT2D eigenvalue weighted by atomic mass is 79.9. The lowest BCUT2D eigenvalue weighted by Gasteiger charge is -2.04. The van der Waals surface area contributed by atoms with E-state index in [4.69, 9.17) is 5.11 Å². The Labute approximate surface area is 107 Å². The van der Waals surface area contributed by atoms with Crippen LogP contribution >= 0.6 is 15.9 Å². The maximum Gasteiger partial charge on any atom is 0.128 e. The van der Waals surface area contributed by atoms with Crippen LogP contribution in [0.3, 0.4) is 0 Å². The first-order chi connectivity index (χ1) is 8.19. The van der Waals surface area contributed by atoms with Crippen LogP contribution in [0.15, 0.2) is 35.1 Å². The molecule has 0 aliphatic carbocycles. The molecular weight excluding hydrogens is 287 g/mol. The van der Waals surface area contributed by atoms with Crippen LogP contribution in [0.25, 0.3) is 0 Å². The number of aromatic nitrogens is 2. The molecule has 0 aliphatic heterocycles. The number of halogens is 2. The number of hydrogen-bond acceptors (Lipinski definition) is 2. The molecule has 0 spiro atoms. The molecule has 17 heavy (non-hydrogen) atoms. The van der Waals surface area contributed by atoms with Crippen LogP contribution in [0.1, 0.15) is 11.1 Å². The Morgan fingerprint density at radius 3 is 3.00 bits per heavy atom. The zero-order chi connectivity index (χ0) is 12.3. The minimum Gasteiger partial charge on any atom is -0.396 e. The van der Waals surface area contributed by atoms with Gasteiger partial charge in [-0.2, -0.15) is 5.10 Å². The summed E-state index contributed by atoms with van der Waals surface area (Å²) in [5, 5.41) is 12.9. The van der Waals surface area contributed by atoms with E-state index in [9.17, 15) is 4.39 Å². The average molecular weight is 299 g/mol. The summed E-state index contributed by atoms with van der Waals surface area (Å²) < 4.78 is 16.0. The van der Waals surface area contributed by atoms with Gasteiger partial charge in [0.25, 0.3) is 0 Å². The number of aliphatic hydroxyl groups excluding tert-OH is 1. The van der Waals surface area contributed by atoms with E-state index in [2.05, 4.69) is 21.0 Å². The Morgan fingerprint density at radius 1 is 1.41 bits per heavy atom. The van der Waals surface area contributed by atoms with Gasteiger partial charge in [-0.25, -0.2) is 4.39 Å². The van der Waals surface area contributed by atoms with Crippen LogP contribution in [0.4, 0.5) is 4.39 Å². The molecule has 0 saturated carbocycles.